The number of carboxylic acid groups (broad SMARTS) is 1. The van der Waals surface area contributed by atoms with Crippen molar-refractivity contribution in [2.75, 3.05) is 17.6 Å². The van der Waals surface area contributed by atoms with Crippen molar-refractivity contribution in [1.29, 1.82) is 0 Å². The van der Waals surface area contributed by atoms with Crippen LogP contribution in [0.25, 0.3) is 0 Å². The summed E-state index contributed by atoms with van der Waals surface area (Å²) in [6, 6.07) is 4.95. The van der Waals surface area contributed by atoms with Gasteiger partial charge < -0.3 is 16.2 Å². The number of carbonyl (C=O) groups is 1. The van der Waals surface area contributed by atoms with E-state index in [1.165, 1.54) is 32.1 Å². The average Bonchev–Trinajstić information content (AvgIpc) is 2.39. The maximum absolute atomic E-state index is 11.1. The summed E-state index contributed by atoms with van der Waals surface area (Å²) in [5, 5.41) is 12.2. The molecule has 0 amide bonds. The number of aromatic carboxylic acids is 1. The number of nitrogen functional groups attached to an aromatic ring is 1. The lowest BCUT2D eigenvalue weighted by Crippen LogP contribution is -2.10. The van der Waals surface area contributed by atoms with E-state index < -0.39 is 5.97 Å². The van der Waals surface area contributed by atoms with Crippen LogP contribution in [0.2, 0.25) is 0 Å². The number of nitrogens with two attached hydrogens (primary N) is 1. The molecule has 0 saturated heterocycles. The first-order valence-corrected chi connectivity index (χ1v) is 7.02. The second-order valence-corrected chi connectivity index (χ2v) is 4.77. The van der Waals surface area contributed by atoms with E-state index in [-0.39, 0.29) is 5.56 Å². The highest BCUT2D eigenvalue weighted by Gasteiger charge is 2.11. The fraction of sp³-hybridized carbons (Fsp3) is 0.533. The molecule has 0 aliphatic heterocycles. The number of anilines is 2. The summed E-state index contributed by atoms with van der Waals surface area (Å²) in [5.41, 5.74) is 7.09. The molecule has 0 unspecified atom stereocenters. The Labute approximate surface area is 115 Å². The smallest absolute Gasteiger partial charge is 0.337 e. The lowest BCUT2D eigenvalue weighted by Gasteiger charge is -2.12. The van der Waals surface area contributed by atoms with E-state index in [1.807, 2.05) is 0 Å². The Hall–Kier alpha value is -1.71. The molecule has 0 spiro atoms. The van der Waals surface area contributed by atoms with Crippen LogP contribution in [-0.2, 0) is 0 Å². The zero-order chi connectivity index (χ0) is 14.1. The summed E-state index contributed by atoms with van der Waals surface area (Å²) in [5.74, 6) is -0.947. The predicted molar refractivity (Wildman–Crippen MR) is 79.7 cm³/mol. The molecule has 0 atom stereocenters. The van der Waals surface area contributed by atoms with Crippen molar-refractivity contribution in [2.45, 2.75) is 45.4 Å². The normalized spacial score (nSPS) is 10.4. The van der Waals surface area contributed by atoms with Gasteiger partial charge in [0.1, 0.15) is 0 Å². The zero-order valence-electron chi connectivity index (χ0n) is 11.6. The van der Waals surface area contributed by atoms with Crippen LogP contribution in [0.4, 0.5) is 11.4 Å². The minimum absolute atomic E-state index is 0.242. The molecule has 4 nitrogen and oxygen atoms in total. The van der Waals surface area contributed by atoms with E-state index in [1.54, 1.807) is 18.2 Å². The number of unbranched alkanes of at least 4 members (excludes halogenated alkanes) is 5. The average molecular weight is 264 g/mol. The minimum atomic E-state index is -0.947. The molecule has 0 aliphatic carbocycles. The molecule has 1 aromatic carbocycles. The van der Waals surface area contributed by atoms with Gasteiger partial charge in [-0.3, -0.25) is 0 Å². The third-order valence-electron chi connectivity index (χ3n) is 3.16. The number of nitrogens with one attached hydrogen (secondary N) is 1. The molecule has 19 heavy (non-hydrogen) atoms. The molecule has 4 heteroatoms. The topological polar surface area (TPSA) is 75.3 Å². The lowest BCUT2D eigenvalue weighted by molar-refractivity contribution is 0.0698. The molecule has 106 valence electrons. The van der Waals surface area contributed by atoms with Crippen molar-refractivity contribution in [3.8, 4) is 0 Å². The van der Waals surface area contributed by atoms with Crippen LogP contribution >= 0.6 is 0 Å². The number of para-hydroxylation sites is 1. The predicted octanol–water partition coefficient (Wildman–Crippen LogP) is 3.74. The lowest BCUT2D eigenvalue weighted by atomic mass is 10.1. The van der Waals surface area contributed by atoms with E-state index >= 15 is 0 Å². The molecule has 0 heterocycles. The van der Waals surface area contributed by atoms with Gasteiger partial charge in [0.05, 0.1) is 16.9 Å². The Balaban J connectivity index is 2.38. The molecule has 0 radical (unpaired) electrons. The monoisotopic (exact) mass is 264 g/mol. The second-order valence-electron chi connectivity index (χ2n) is 4.77. The molecular weight excluding hydrogens is 240 g/mol. The van der Waals surface area contributed by atoms with E-state index in [0.717, 1.165) is 13.0 Å². The highest BCUT2D eigenvalue weighted by Crippen LogP contribution is 2.23. The van der Waals surface area contributed by atoms with Crippen molar-refractivity contribution in [2.24, 2.45) is 0 Å². The number of benzene rings is 1. The summed E-state index contributed by atoms with van der Waals surface area (Å²) < 4.78 is 0. The van der Waals surface area contributed by atoms with Crippen LogP contribution in [0.3, 0.4) is 0 Å². The third-order valence-corrected chi connectivity index (χ3v) is 3.16. The van der Waals surface area contributed by atoms with Gasteiger partial charge in [-0.25, -0.2) is 4.79 Å². The van der Waals surface area contributed by atoms with E-state index in [4.69, 9.17) is 10.8 Å². The molecule has 0 fully saturated rings. The van der Waals surface area contributed by atoms with Crippen molar-refractivity contribution < 1.29 is 9.90 Å². The summed E-state index contributed by atoms with van der Waals surface area (Å²) in [6.45, 7) is 2.97. The van der Waals surface area contributed by atoms with E-state index in [0.29, 0.717) is 11.4 Å². The Morgan fingerprint density at radius 2 is 1.89 bits per heavy atom. The van der Waals surface area contributed by atoms with Crippen LogP contribution in [0.15, 0.2) is 18.2 Å². The minimum Gasteiger partial charge on any atom is -0.478 e. The molecule has 4 N–H and O–H groups in total. The van der Waals surface area contributed by atoms with Gasteiger partial charge in [-0.1, -0.05) is 45.1 Å². The summed E-state index contributed by atoms with van der Waals surface area (Å²) >= 11 is 0. The molecular formula is C15H24N2O2. The number of hydrogen-bond donors (Lipinski definition) is 3. The quantitative estimate of drug-likeness (QED) is 0.469. The maximum Gasteiger partial charge on any atom is 0.337 e. The zero-order valence-corrected chi connectivity index (χ0v) is 11.6. The van der Waals surface area contributed by atoms with Gasteiger partial charge in [0.15, 0.2) is 0 Å². The van der Waals surface area contributed by atoms with Gasteiger partial charge >= 0.3 is 5.97 Å². The highest BCUT2D eigenvalue weighted by molar-refractivity contribution is 5.97. The van der Waals surface area contributed by atoms with Crippen molar-refractivity contribution in [3.63, 3.8) is 0 Å². The largest absolute Gasteiger partial charge is 0.478 e. The Bertz CT molecular complexity index is 405. The molecule has 0 aromatic heterocycles. The van der Waals surface area contributed by atoms with Crippen LogP contribution in [0, 0.1) is 0 Å². The van der Waals surface area contributed by atoms with Crippen LogP contribution in [0.1, 0.15) is 55.8 Å². The SMILES string of the molecule is CCCCCCCCNc1c(N)cccc1C(=O)O. The van der Waals surface area contributed by atoms with Gasteiger partial charge in [0.2, 0.25) is 0 Å². The first-order chi connectivity index (χ1) is 9.16. The van der Waals surface area contributed by atoms with Crippen molar-refractivity contribution >= 4 is 17.3 Å². The molecule has 0 saturated carbocycles. The van der Waals surface area contributed by atoms with E-state index in [2.05, 4.69) is 12.2 Å². The number of rotatable bonds is 9. The molecule has 0 bridgehead atoms. The van der Waals surface area contributed by atoms with Crippen LogP contribution in [-0.4, -0.2) is 17.6 Å². The van der Waals surface area contributed by atoms with Gasteiger partial charge in [0, 0.05) is 6.54 Å². The summed E-state index contributed by atoms with van der Waals surface area (Å²) in [4.78, 5) is 11.1. The standard InChI is InChI=1S/C15H24N2O2/c1-2-3-4-5-6-7-11-17-14-12(15(18)19)9-8-10-13(14)16/h8-10,17H,2-7,11,16H2,1H3,(H,18,19). The highest BCUT2D eigenvalue weighted by atomic mass is 16.4. The van der Waals surface area contributed by atoms with Gasteiger partial charge in [-0.2, -0.15) is 0 Å². The van der Waals surface area contributed by atoms with Crippen molar-refractivity contribution in [3.05, 3.63) is 23.8 Å². The molecule has 1 rings (SSSR count). The van der Waals surface area contributed by atoms with Gasteiger partial charge in [-0.05, 0) is 18.6 Å². The third kappa shape index (κ3) is 5.20. The number of carboxylic acids is 1. The Morgan fingerprint density at radius 3 is 2.58 bits per heavy atom. The fourth-order valence-corrected chi connectivity index (χ4v) is 2.06. The van der Waals surface area contributed by atoms with Crippen LogP contribution in [0.5, 0.6) is 0 Å². The summed E-state index contributed by atoms with van der Waals surface area (Å²) in [6.07, 6.45) is 7.28. The Kier molecular flexibility index (Phi) is 6.79. The first kappa shape index (κ1) is 15.3. The van der Waals surface area contributed by atoms with E-state index in [9.17, 15) is 4.79 Å². The summed E-state index contributed by atoms with van der Waals surface area (Å²) in [7, 11) is 0. The van der Waals surface area contributed by atoms with Gasteiger partial charge in [-0.15, -0.1) is 0 Å². The van der Waals surface area contributed by atoms with Gasteiger partial charge in [0.25, 0.3) is 0 Å². The van der Waals surface area contributed by atoms with Crippen molar-refractivity contribution in [1.82, 2.24) is 0 Å². The molecule has 0 aliphatic rings. The molecule has 1 aromatic rings. The first-order valence-electron chi connectivity index (χ1n) is 7.02. The Morgan fingerprint density at radius 1 is 1.21 bits per heavy atom. The van der Waals surface area contributed by atoms with Crippen LogP contribution < -0.4 is 11.1 Å². The second kappa shape index (κ2) is 8.40. The maximum atomic E-state index is 11.1. The number of hydrogen-bond acceptors (Lipinski definition) is 3. The fourth-order valence-electron chi connectivity index (χ4n) is 2.06.